The molecule has 3 aliphatic rings. The van der Waals surface area contributed by atoms with Gasteiger partial charge in [0.25, 0.3) is 5.56 Å². The lowest BCUT2D eigenvalue weighted by Crippen LogP contribution is -3.18. The number of fused-ring (bicyclic) bond motifs is 4. The van der Waals surface area contributed by atoms with Gasteiger partial charge in [0, 0.05) is 62.5 Å². The number of carbonyl (C=O) groups is 1. The third kappa shape index (κ3) is 4.58. The number of nitrogens with zero attached hydrogens (tertiary/aromatic N) is 2. The summed E-state index contributed by atoms with van der Waals surface area (Å²) >= 11 is 0. The van der Waals surface area contributed by atoms with E-state index < -0.39 is 6.36 Å². The first kappa shape index (κ1) is 23.0. The number of rotatable bonds is 3. The van der Waals surface area contributed by atoms with Crippen LogP contribution in [0.3, 0.4) is 0 Å². The summed E-state index contributed by atoms with van der Waals surface area (Å²) in [6.07, 6.45) is -1.62. The van der Waals surface area contributed by atoms with Gasteiger partial charge in [0.2, 0.25) is 5.91 Å². The monoisotopic (exact) mass is 476 g/mol. The number of amides is 1. The maximum absolute atomic E-state index is 13.3. The molecule has 1 aromatic heterocycles. The highest BCUT2D eigenvalue weighted by Crippen LogP contribution is 2.32. The number of piperidine rings is 2. The summed E-state index contributed by atoms with van der Waals surface area (Å²) in [6, 6.07) is 9.82. The minimum Gasteiger partial charge on any atom is -0.406 e. The number of hydrogen-bond donors (Lipinski definition) is 1. The van der Waals surface area contributed by atoms with Crippen LogP contribution in [0.2, 0.25) is 0 Å². The molecule has 2 saturated heterocycles. The van der Waals surface area contributed by atoms with Crippen molar-refractivity contribution in [2.24, 2.45) is 5.92 Å². The van der Waals surface area contributed by atoms with Gasteiger partial charge in [-0.15, -0.1) is 13.2 Å². The second-order valence-corrected chi connectivity index (χ2v) is 9.81. The van der Waals surface area contributed by atoms with Gasteiger partial charge >= 0.3 is 6.36 Å². The van der Waals surface area contributed by atoms with Gasteiger partial charge in [0.1, 0.15) is 5.75 Å². The summed E-state index contributed by atoms with van der Waals surface area (Å²) in [5.74, 6) is 0.580. The molecule has 0 saturated carbocycles. The zero-order chi connectivity index (χ0) is 24.0. The van der Waals surface area contributed by atoms with Crippen LogP contribution in [0.5, 0.6) is 5.75 Å². The molecule has 9 heteroatoms. The number of benzene rings is 1. The number of halogens is 3. The number of aromatic nitrogens is 1. The van der Waals surface area contributed by atoms with Crippen LogP contribution in [0.25, 0.3) is 11.1 Å². The number of likely N-dealkylation sites (tertiary alicyclic amines) is 2. The van der Waals surface area contributed by atoms with Crippen molar-refractivity contribution in [1.29, 1.82) is 0 Å². The van der Waals surface area contributed by atoms with Crippen molar-refractivity contribution in [2.75, 3.05) is 26.2 Å². The highest BCUT2D eigenvalue weighted by molar-refractivity contribution is 5.73. The second-order valence-electron chi connectivity index (χ2n) is 9.81. The van der Waals surface area contributed by atoms with Crippen molar-refractivity contribution >= 4 is 5.91 Å². The van der Waals surface area contributed by atoms with E-state index in [2.05, 4.69) is 4.74 Å². The van der Waals surface area contributed by atoms with Crippen molar-refractivity contribution in [3.05, 3.63) is 52.4 Å². The van der Waals surface area contributed by atoms with Crippen LogP contribution in [0.4, 0.5) is 13.2 Å². The lowest BCUT2D eigenvalue weighted by Gasteiger charge is -2.45. The Labute approximate surface area is 195 Å². The number of alkyl halides is 3. The van der Waals surface area contributed by atoms with E-state index in [0.717, 1.165) is 51.1 Å². The number of ether oxygens (including phenoxy) is 1. The maximum Gasteiger partial charge on any atom is 0.573 e. The number of pyridine rings is 1. The van der Waals surface area contributed by atoms with Gasteiger partial charge in [-0.25, -0.2) is 0 Å². The Morgan fingerprint density at radius 3 is 2.41 bits per heavy atom. The molecule has 1 N–H and O–H groups in total. The minimum atomic E-state index is -4.75. The molecule has 4 heterocycles. The van der Waals surface area contributed by atoms with E-state index in [1.165, 1.54) is 24.3 Å². The molecule has 1 amide bonds. The SMILES string of the molecule is CC(=O)N1CCC([NH+]2C[C@@H]3C[C@H](C2)c2ccc(-c4ccc(OC(F)(F)F)cc4)c(=O)n2C3)CC1. The van der Waals surface area contributed by atoms with Crippen molar-refractivity contribution < 1.29 is 27.6 Å². The summed E-state index contributed by atoms with van der Waals surface area (Å²) < 4.78 is 43.1. The van der Waals surface area contributed by atoms with Gasteiger partial charge in [0.15, 0.2) is 0 Å². The van der Waals surface area contributed by atoms with E-state index in [9.17, 15) is 22.8 Å². The van der Waals surface area contributed by atoms with E-state index in [4.69, 9.17) is 0 Å². The lowest BCUT2D eigenvalue weighted by molar-refractivity contribution is -0.937. The molecule has 0 spiro atoms. The molecule has 182 valence electrons. The molecule has 1 unspecified atom stereocenters. The summed E-state index contributed by atoms with van der Waals surface area (Å²) in [6.45, 7) is 5.97. The third-order valence-electron chi connectivity index (χ3n) is 7.66. The normalized spacial score (nSPS) is 25.1. The minimum absolute atomic E-state index is 0.0880. The fraction of sp³-hybridized carbons (Fsp3) is 0.520. The molecule has 2 bridgehead atoms. The number of hydrogen-bond acceptors (Lipinski definition) is 3. The van der Waals surface area contributed by atoms with Gasteiger partial charge < -0.3 is 19.1 Å². The Kier molecular flexibility index (Phi) is 5.91. The van der Waals surface area contributed by atoms with Gasteiger partial charge in [0.05, 0.1) is 19.1 Å². The molecular formula is C25H29F3N3O3+. The predicted molar refractivity (Wildman–Crippen MR) is 120 cm³/mol. The van der Waals surface area contributed by atoms with Crippen molar-refractivity contribution in [2.45, 2.75) is 51.1 Å². The third-order valence-corrected chi connectivity index (χ3v) is 7.66. The molecular weight excluding hydrogens is 447 g/mol. The molecule has 2 fully saturated rings. The molecule has 0 aliphatic carbocycles. The predicted octanol–water partition coefficient (Wildman–Crippen LogP) is 2.43. The van der Waals surface area contributed by atoms with Gasteiger partial charge in [-0.05, 0) is 36.2 Å². The smallest absolute Gasteiger partial charge is 0.406 e. The zero-order valence-corrected chi connectivity index (χ0v) is 19.1. The maximum atomic E-state index is 13.3. The summed E-state index contributed by atoms with van der Waals surface area (Å²) in [5, 5.41) is 0. The topological polar surface area (TPSA) is 56.0 Å². The van der Waals surface area contributed by atoms with Gasteiger partial charge in [-0.1, -0.05) is 12.1 Å². The van der Waals surface area contributed by atoms with Crippen molar-refractivity contribution in [3.8, 4) is 16.9 Å². The Balaban J connectivity index is 1.33. The largest absolute Gasteiger partial charge is 0.573 e. The van der Waals surface area contributed by atoms with Gasteiger partial charge in [-0.3, -0.25) is 9.59 Å². The van der Waals surface area contributed by atoms with Crippen molar-refractivity contribution in [3.63, 3.8) is 0 Å². The van der Waals surface area contributed by atoms with Crippen LogP contribution in [0.15, 0.2) is 41.2 Å². The van der Waals surface area contributed by atoms with E-state index in [1.807, 2.05) is 15.5 Å². The first-order chi connectivity index (χ1) is 16.2. The number of carbonyl (C=O) groups excluding carboxylic acids is 1. The Hall–Kier alpha value is -2.81. The molecule has 0 radical (unpaired) electrons. The summed E-state index contributed by atoms with van der Waals surface area (Å²) in [7, 11) is 0. The Morgan fingerprint density at radius 1 is 1.06 bits per heavy atom. The molecule has 3 aliphatic heterocycles. The highest BCUT2D eigenvalue weighted by Gasteiger charge is 2.41. The fourth-order valence-corrected chi connectivity index (χ4v) is 6.09. The average Bonchev–Trinajstić information content (AvgIpc) is 2.79. The zero-order valence-electron chi connectivity index (χ0n) is 19.1. The Morgan fingerprint density at radius 2 is 1.76 bits per heavy atom. The van der Waals surface area contributed by atoms with Crippen LogP contribution >= 0.6 is 0 Å². The van der Waals surface area contributed by atoms with Crippen LogP contribution < -0.4 is 15.2 Å². The molecule has 3 atom stereocenters. The highest BCUT2D eigenvalue weighted by atomic mass is 19.4. The van der Waals surface area contributed by atoms with Crippen LogP contribution in [0.1, 0.15) is 37.8 Å². The first-order valence-corrected chi connectivity index (χ1v) is 11.9. The van der Waals surface area contributed by atoms with Crippen molar-refractivity contribution in [1.82, 2.24) is 9.47 Å². The van der Waals surface area contributed by atoms with Gasteiger partial charge in [-0.2, -0.15) is 0 Å². The first-order valence-electron chi connectivity index (χ1n) is 11.9. The molecule has 1 aromatic carbocycles. The lowest BCUT2D eigenvalue weighted by atomic mass is 9.81. The molecule has 5 rings (SSSR count). The van der Waals surface area contributed by atoms with E-state index in [1.54, 1.807) is 17.9 Å². The summed E-state index contributed by atoms with van der Waals surface area (Å²) in [4.78, 5) is 28.5. The van der Waals surface area contributed by atoms with E-state index in [0.29, 0.717) is 35.5 Å². The standard InChI is InChI=1S/C25H28F3N3O3/c1-16(32)29-10-8-20(9-11-29)30-13-17-12-19(15-30)23-7-6-22(24(33)31(23)14-17)18-2-4-21(5-3-18)34-25(26,27)28/h2-7,17,19-20H,8-15H2,1H3/p+1/t17-,19+/m0/s1. The number of quaternary nitrogens is 1. The number of nitrogens with one attached hydrogen (secondary N) is 1. The quantitative estimate of drug-likeness (QED) is 0.741. The van der Waals surface area contributed by atoms with Crippen LogP contribution in [-0.2, 0) is 11.3 Å². The molecule has 6 nitrogen and oxygen atoms in total. The summed E-state index contributed by atoms with van der Waals surface area (Å²) in [5.41, 5.74) is 2.04. The fourth-order valence-electron chi connectivity index (χ4n) is 6.09. The van der Waals surface area contributed by atoms with Crippen LogP contribution in [0, 0.1) is 5.92 Å². The van der Waals surface area contributed by atoms with Crippen LogP contribution in [-0.4, -0.2) is 54.0 Å². The average molecular weight is 477 g/mol. The molecule has 2 aromatic rings. The van der Waals surface area contributed by atoms with E-state index >= 15 is 0 Å². The van der Waals surface area contributed by atoms with E-state index in [-0.39, 0.29) is 17.2 Å². The Bertz CT molecular complexity index is 1120. The molecule has 34 heavy (non-hydrogen) atoms. The second kappa shape index (κ2) is 8.76.